The number of imide groups is 1. The van der Waals surface area contributed by atoms with Crippen molar-refractivity contribution in [2.24, 2.45) is 7.05 Å². The van der Waals surface area contributed by atoms with Gasteiger partial charge in [0.1, 0.15) is 4.34 Å². The molecule has 0 unspecified atom stereocenters. The third-order valence-corrected chi connectivity index (χ3v) is 8.10. The van der Waals surface area contributed by atoms with Gasteiger partial charge in [0.15, 0.2) is 0 Å². The van der Waals surface area contributed by atoms with Gasteiger partial charge in [0.05, 0.1) is 44.5 Å². The van der Waals surface area contributed by atoms with Gasteiger partial charge in [-0.1, -0.05) is 53.5 Å². The summed E-state index contributed by atoms with van der Waals surface area (Å²) < 4.78 is 43.0. The summed E-state index contributed by atoms with van der Waals surface area (Å²) in [5.41, 5.74) is 0.365. The zero-order chi connectivity index (χ0) is 28.8. The van der Waals surface area contributed by atoms with Gasteiger partial charge in [-0.15, -0.1) is 11.3 Å². The number of alkyl halides is 3. The van der Waals surface area contributed by atoms with Gasteiger partial charge in [-0.2, -0.15) is 18.3 Å². The molecule has 0 fully saturated rings. The van der Waals surface area contributed by atoms with Gasteiger partial charge in [0.25, 0.3) is 17.7 Å². The average molecular weight is 607 g/mol. The standard InChI is InChI=1S/C27H19Cl2F3N4O3S/c1-35-22(20(28)12-33-35)18-11-21(40-23(18)29)24(37)34-15(10-14-6-2-5-9-19(14)27(30,31)32)13-36-25(38)16-7-3-4-8-17(16)26(36)39/h2-9,11-12,15H,10,13H2,1H3,(H,34,37)/t15-/m0/s1. The molecule has 0 spiro atoms. The lowest BCUT2D eigenvalue weighted by molar-refractivity contribution is -0.138. The summed E-state index contributed by atoms with van der Waals surface area (Å²) in [5.74, 6) is -1.81. The van der Waals surface area contributed by atoms with Gasteiger partial charge < -0.3 is 5.32 Å². The number of rotatable bonds is 7. The molecule has 5 rings (SSSR count). The van der Waals surface area contributed by atoms with Crippen LogP contribution >= 0.6 is 34.5 Å². The van der Waals surface area contributed by atoms with Crippen LogP contribution < -0.4 is 5.32 Å². The quantitative estimate of drug-likeness (QED) is 0.257. The van der Waals surface area contributed by atoms with Gasteiger partial charge in [-0.05, 0) is 36.2 Å². The topological polar surface area (TPSA) is 84.3 Å². The highest BCUT2D eigenvalue weighted by atomic mass is 35.5. The summed E-state index contributed by atoms with van der Waals surface area (Å²) in [7, 11) is 1.66. The summed E-state index contributed by atoms with van der Waals surface area (Å²) in [4.78, 5) is 40.5. The Bertz CT molecular complexity index is 1600. The summed E-state index contributed by atoms with van der Waals surface area (Å²) in [6, 6.07) is 11.6. The SMILES string of the molecule is Cn1ncc(Cl)c1-c1cc(C(=O)N[C@@H](Cc2ccccc2C(F)(F)F)CN2C(=O)c3ccccc3C2=O)sc1Cl. The number of carbonyl (C=O) groups excluding carboxylic acids is 3. The maximum Gasteiger partial charge on any atom is 0.416 e. The second kappa shape index (κ2) is 10.7. The normalized spacial score (nSPS) is 14.0. The predicted molar refractivity (Wildman–Crippen MR) is 145 cm³/mol. The van der Waals surface area contributed by atoms with Crippen LogP contribution in [-0.2, 0) is 19.6 Å². The molecule has 0 saturated heterocycles. The minimum absolute atomic E-state index is 0.0940. The van der Waals surface area contributed by atoms with Crippen LogP contribution in [0.2, 0.25) is 9.36 Å². The maximum atomic E-state index is 13.7. The van der Waals surface area contributed by atoms with Gasteiger partial charge in [-0.25, -0.2) is 0 Å². The first-order valence-electron chi connectivity index (χ1n) is 11.8. The number of hydrogen-bond acceptors (Lipinski definition) is 5. The Kier molecular flexibility index (Phi) is 7.47. The molecule has 0 radical (unpaired) electrons. The molecule has 3 heterocycles. The van der Waals surface area contributed by atoms with Crippen molar-refractivity contribution in [2.45, 2.75) is 18.6 Å². The summed E-state index contributed by atoms with van der Waals surface area (Å²) in [6.45, 7) is -0.343. The van der Waals surface area contributed by atoms with Crippen LogP contribution in [-0.4, -0.2) is 45.0 Å². The van der Waals surface area contributed by atoms with E-state index in [1.54, 1.807) is 19.2 Å². The second-order valence-electron chi connectivity index (χ2n) is 9.06. The largest absolute Gasteiger partial charge is 0.416 e. The van der Waals surface area contributed by atoms with E-state index in [1.807, 2.05) is 0 Å². The zero-order valence-electron chi connectivity index (χ0n) is 20.6. The molecule has 40 heavy (non-hydrogen) atoms. The molecule has 13 heteroatoms. The van der Waals surface area contributed by atoms with Crippen molar-refractivity contribution in [3.8, 4) is 11.3 Å². The number of aryl methyl sites for hydroxylation is 1. The van der Waals surface area contributed by atoms with Gasteiger partial charge in [0, 0.05) is 19.2 Å². The lowest BCUT2D eigenvalue weighted by atomic mass is 9.99. The Balaban J connectivity index is 1.46. The van der Waals surface area contributed by atoms with Gasteiger partial charge in [-0.3, -0.25) is 24.0 Å². The number of nitrogens with one attached hydrogen (secondary N) is 1. The second-order valence-corrected chi connectivity index (χ2v) is 11.1. The van der Waals surface area contributed by atoms with Crippen molar-refractivity contribution in [2.75, 3.05) is 6.54 Å². The molecule has 2 aromatic carbocycles. The van der Waals surface area contributed by atoms with Crippen LogP contribution in [0.4, 0.5) is 13.2 Å². The molecule has 1 aliphatic rings. The smallest absolute Gasteiger partial charge is 0.346 e. The lowest BCUT2D eigenvalue weighted by Gasteiger charge is -2.25. The van der Waals surface area contributed by atoms with E-state index in [9.17, 15) is 27.6 Å². The first-order chi connectivity index (χ1) is 19.0. The number of nitrogens with zero attached hydrogens (tertiary/aromatic N) is 3. The highest BCUT2D eigenvalue weighted by Crippen LogP contribution is 2.39. The molecule has 4 aromatic rings. The van der Waals surface area contributed by atoms with E-state index in [4.69, 9.17) is 23.2 Å². The van der Waals surface area contributed by atoms with Gasteiger partial charge in [0.2, 0.25) is 0 Å². The molecule has 2 aromatic heterocycles. The Hall–Kier alpha value is -3.67. The highest BCUT2D eigenvalue weighted by molar-refractivity contribution is 7.18. The van der Waals surface area contributed by atoms with Crippen LogP contribution in [0.15, 0.2) is 60.8 Å². The van der Waals surface area contributed by atoms with Crippen LogP contribution in [0.25, 0.3) is 11.3 Å². The molecule has 1 N–H and O–H groups in total. The van der Waals surface area contributed by atoms with Crippen molar-refractivity contribution in [1.82, 2.24) is 20.0 Å². The Labute approximate surface area is 240 Å². The number of amides is 3. The molecule has 7 nitrogen and oxygen atoms in total. The Morgan fingerprint density at radius 3 is 2.25 bits per heavy atom. The molecule has 1 aliphatic heterocycles. The first-order valence-corrected chi connectivity index (χ1v) is 13.4. The summed E-state index contributed by atoms with van der Waals surface area (Å²) >= 11 is 13.6. The van der Waals surface area contributed by atoms with Crippen LogP contribution in [0, 0.1) is 0 Å². The molecule has 0 saturated carbocycles. The van der Waals surface area contributed by atoms with E-state index in [2.05, 4.69) is 10.4 Å². The Morgan fingerprint density at radius 1 is 1.02 bits per heavy atom. The van der Waals surface area contributed by atoms with Gasteiger partial charge >= 0.3 is 6.18 Å². The predicted octanol–water partition coefficient (Wildman–Crippen LogP) is 6.11. The molecule has 0 aliphatic carbocycles. The molecule has 3 amide bonds. The van der Waals surface area contributed by atoms with E-state index in [0.29, 0.717) is 16.3 Å². The number of aromatic nitrogens is 2. The number of carbonyl (C=O) groups is 3. The molecule has 0 bridgehead atoms. The third kappa shape index (κ3) is 5.24. The van der Waals surface area contributed by atoms with Crippen molar-refractivity contribution in [1.29, 1.82) is 0 Å². The third-order valence-electron chi connectivity index (χ3n) is 6.47. The minimum atomic E-state index is -4.64. The van der Waals surface area contributed by atoms with Crippen molar-refractivity contribution in [3.05, 3.63) is 97.3 Å². The van der Waals surface area contributed by atoms with Crippen LogP contribution in [0.5, 0.6) is 0 Å². The molecular weight excluding hydrogens is 588 g/mol. The van der Waals surface area contributed by atoms with Crippen LogP contribution in [0.1, 0.15) is 41.5 Å². The highest BCUT2D eigenvalue weighted by Gasteiger charge is 2.38. The maximum absolute atomic E-state index is 13.7. The van der Waals surface area contributed by atoms with Crippen molar-refractivity contribution >= 4 is 52.3 Å². The van der Waals surface area contributed by atoms with E-state index < -0.39 is 35.5 Å². The first kappa shape index (κ1) is 27.9. The average Bonchev–Trinajstić information content (AvgIpc) is 3.53. The van der Waals surface area contributed by atoms with E-state index in [1.165, 1.54) is 47.3 Å². The van der Waals surface area contributed by atoms with Crippen molar-refractivity contribution < 1.29 is 27.6 Å². The summed E-state index contributed by atoms with van der Waals surface area (Å²) in [6.07, 6.45) is -3.51. The number of fused-ring (bicyclic) bond motifs is 1. The minimum Gasteiger partial charge on any atom is -0.346 e. The van der Waals surface area contributed by atoms with Crippen LogP contribution in [0.3, 0.4) is 0 Å². The molecular formula is C27H19Cl2F3N4O3S. The monoisotopic (exact) mass is 606 g/mol. The Morgan fingerprint density at radius 2 is 1.65 bits per heavy atom. The summed E-state index contributed by atoms with van der Waals surface area (Å²) in [5, 5.41) is 7.10. The fourth-order valence-corrected chi connectivity index (χ4v) is 6.09. The zero-order valence-corrected chi connectivity index (χ0v) is 23.0. The molecule has 1 atom stereocenters. The number of thiophene rings is 1. The van der Waals surface area contributed by atoms with E-state index in [0.717, 1.165) is 22.3 Å². The molecule has 206 valence electrons. The fourth-order valence-electron chi connectivity index (χ4n) is 4.64. The number of halogens is 5. The van der Waals surface area contributed by atoms with Crippen molar-refractivity contribution in [3.63, 3.8) is 0 Å². The fraction of sp³-hybridized carbons (Fsp3) is 0.185. The number of hydrogen-bond donors (Lipinski definition) is 1. The van der Waals surface area contributed by atoms with E-state index in [-0.39, 0.29) is 38.9 Å². The van der Waals surface area contributed by atoms with E-state index >= 15 is 0 Å². The number of benzene rings is 2. The lowest BCUT2D eigenvalue weighted by Crippen LogP contribution is -2.47.